The van der Waals surface area contributed by atoms with E-state index < -0.39 is 0 Å². The highest BCUT2D eigenvalue weighted by molar-refractivity contribution is 6.00. The molecule has 2 nitrogen and oxygen atoms in total. The molecule has 18 heavy (non-hydrogen) atoms. The normalized spacial score (nSPS) is 27.1. The number of benzene rings is 1. The molecule has 1 aliphatic heterocycles. The third kappa shape index (κ3) is 1.67. The van der Waals surface area contributed by atoms with Gasteiger partial charge >= 0.3 is 0 Å². The molecule has 1 heterocycles. The number of hydrogen-bond acceptors (Lipinski definition) is 2. The molecular formula is C16H18O2. The fraction of sp³-hybridized carbons (Fsp3) is 0.438. The highest BCUT2D eigenvalue weighted by Gasteiger charge is 2.43. The van der Waals surface area contributed by atoms with Gasteiger partial charge < -0.3 is 4.74 Å². The summed E-state index contributed by atoms with van der Waals surface area (Å²) >= 11 is 0. The largest absolute Gasteiger partial charge is 0.490 e. The van der Waals surface area contributed by atoms with Crippen molar-refractivity contribution in [3.05, 3.63) is 47.2 Å². The lowest BCUT2D eigenvalue weighted by Gasteiger charge is -2.22. The monoisotopic (exact) mass is 242 g/mol. The molecule has 0 N–H and O–H groups in total. The average molecular weight is 242 g/mol. The summed E-state index contributed by atoms with van der Waals surface area (Å²) in [5.74, 6) is 1.23. The van der Waals surface area contributed by atoms with Crippen LogP contribution in [0.15, 0.2) is 41.7 Å². The van der Waals surface area contributed by atoms with E-state index in [1.54, 1.807) is 0 Å². The van der Waals surface area contributed by atoms with E-state index >= 15 is 0 Å². The lowest BCUT2D eigenvalue weighted by Crippen LogP contribution is -2.16. The SMILES string of the molecule is CC[C@H]1C(=O)C2=C(CCCO2)[C@@H]1c1ccccc1. The maximum atomic E-state index is 12.4. The minimum Gasteiger partial charge on any atom is -0.490 e. The van der Waals surface area contributed by atoms with E-state index in [2.05, 4.69) is 31.2 Å². The molecule has 0 fully saturated rings. The van der Waals surface area contributed by atoms with Crippen molar-refractivity contribution in [1.82, 2.24) is 0 Å². The van der Waals surface area contributed by atoms with Crippen molar-refractivity contribution < 1.29 is 9.53 Å². The Morgan fingerprint density at radius 3 is 2.78 bits per heavy atom. The predicted molar refractivity (Wildman–Crippen MR) is 70.2 cm³/mol. The van der Waals surface area contributed by atoms with Gasteiger partial charge in [-0.05, 0) is 30.4 Å². The highest BCUT2D eigenvalue weighted by atomic mass is 16.5. The molecule has 2 aliphatic rings. The van der Waals surface area contributed by atoms with Crippen LogP contribution in [0, 0.1) is 5.92 Å². The molecule has 0 amide bonds. The molecule has 0 bridgehead atoms. The molecule has 0 aromatic heterocycles. The lowest BCUT2D eigenvalue weighted by molar-refractivity contribution is -0.121. The first-order valence-corrected chi connectivity index (χ1v) is 6.78. The van der Waals surface area contributed by atoms with E-state index in [4.69, 9.17) is 4.74 Å². The van der Waals surface area contributed by atoms with Gasteiger partial charge in [0.15, 0.2) is 5.76 Å². The Bertz CT molecular complexity index is 487. The first-order chi connectivity index (χ1) is 8.83. The Morgan fingerprint density at radius 1 is 1.28 bits per heavy atom. The summed E-state index contributed by atoms with van der Waals surface area (Å²) < 4.78 is 5.63. The van der Waals surface area contributed by atoms with E-state index in [-0.39, 0.29) is 17.6 Å². The van der Waals surface area contributed by atoms with Gasteiger partial charge in [0.25, 0.3) is 0 Å². The topological polar surface area (TPSA) is 26.3 Å². The van der Waals surface area contributed by atoms with Crippen molar-refractivity contribution in [2.75, 3.05) is 6.61 Å². The summed E-state index contributed by atoms with van der Waals surface area (Å²) in [4.78, 5) is 12.4. The van der Waals surface area contributed by atoms with Crippen molar-refractivity contribution in [1.29, 1.82) is 0 Å². The van der Waals surface area contributed by atoms with Crippen LogP contribution < -0.4 is 0 Å². The number of carbonyl (C=O) groups excluding carboxylic acids is 1. The van der Waals surface area contributed by atoms with Gasteiger partial charge in [-0.2, -0.15) is 0 Å². The van der Waals surface area contributed by atoms with E-state index in [0.717, 1.165) is 19.3 Å². The summed E-state index contributed by atoms with van der Waals surface area (Å²) in [6.45, 7) is 2.79. The van der Waals surface area contributed by atoms with Gasteiger partial charge in [-0.15, -0.1) is 0 Å². The van der Waals surface area contributed by atoms with Gasteiger partial charge in [0, 0.05) is 11.8 Å². The van der Waals surface area contributed by atoms with Crippen LogP contribution in [0.1, 0.15) is 37.7 Å². The zero-order chi connectivity index (χ0) is 12.5. The quantitative estimate of drug-likeness (QED) is 0.794. The molecule has 0 saturated carbocycles. The predicted octanol–water partition coefficient (Wildman–Crippen LogP) is 3.44. The fourth-order valence-corrected chi connectivity index (χ4v) is 3.25. The zero-order valence-corrected chi connectivity index (χ0v) is 10.7. The number of ketones is 1. The van der Waals surface area contributed by atoms with Crippen LogP contribution >= 0.6 is 0 Å². The molecular weight excluding hydrogens is 224 g/mol. The minimum absolute atomic E-state index is 0.0792. The standard InChI is InChI=1S/C16H18O2/c1-2-12-14(11-7-4-3-5-8-11)13-9-6-10-18-16(13)15(12)17/h3-5,7-8,12,14H,2,6,9-10H2,1H3/t12-,14-/m1/s1. The van der Waals surface area contributed by atoms with E-state index in [9.17, 15) is 4.79 Å². The smallest absolute Gasteiger partial charge is 0.201 e. The van der Waals surface area contributed by atoms with Crippen LogP contribution in [0.25, 0.3) is 0 Å². The van der Waals surface area contributed by atoms with Crippen LogP contribution in [0.5, 0.6) is 0 Å². The maximum absolute atomic E-state index is 12.4. The Balaban J connectivity index is 2.05. The van der Waals surface area contributed by atoms with Crippen molar-refractivity contribution in [3.63, 3.8) is 0 Å². The number of hydrogen-bond donors (Lipinski definition) is 0. The minimum atomic E-state index is 0.0792. The van der Waals surface area contributed by atoms with Crippen LogP contribution in [0.2, 0.25) is 0 Å². The molecule has 2 atom stereocenters. The first kappa shape index (κ1) is 11.5. The molecule has 0 radical (unpaired) electrons. The highest BCUT2D eigenvalue weighted by Crippen LogP contribution is 2.46. The second kappa shape index (κ2) is 4.60. The van der Waals surface area contributed by atoms with Gasteiger partial charge in [0.05, 0.1) is 6.61 Å². The molecule has 0 spiro atoms. The summed E-state index contributed by atoms with van der Waals surface area (Å²) in [7, 11) is 0. The molecule has 3 rings (SSSR count). The Labute approximate surface area is 108 Å². The number of Topliss-reactive ketones (excluding diaryl/α,β-unsaturated/α-hetero) is 1. The van der Waals surface area contributed by atoms with Crippen molar-refractivity contribution in [2.24, 2.45) is 5.92 Å². The molecule has 1 aromatic rings. The van der Waals surface area contributed by atoms with Gasteiger partial charge in [0.2, 0.25) is 5.78 Å². The fourth-order valence-electron chi connectivity index (χ4n) is 3.25. The number of allylic oxidation sites excluding steroid dienone is 2. The van der Waals surface area contributed by atoms with Crippen LogP contribution in [-0.4, -0.2) is 12.4 Å². The van der Waals surface area contributed by atoms with Crippen LogP contribution in [0.3, 0.4) is 0 Å². The Morgan fingerprint density at radius 2 is 2.06 bits per heavy atom. The van der Waals surface area contributed by atoms with Crippen molar-refractivity contribution >= 4 is 5.78 Å². The molecule has 1 aliphatic carbocycles. The molecule has 0 unspecified atom stereocenters. The summed E-state index contributed by atoms with van der Waals surface area (Å²) in [6, 6.07) is 10.4. The van der Waals surface area contributed by atoms with Crippen molar-refractivity contribution in [3.8, 4) is 0 Å². The molecule has 2 heteroatoms. The van der Waals surface area contributed by atoms with E-state index in [0.29, 0.717) is 12.4 Å². The second-order valence-electron chi connectivity index (χ2n) is 5.07. The van der Waals surface area contributed by atoms with Gasteiger partial charge in [-0.3, -0.25) is 4.79 Å². The van der Waals surface area contributed by atoms with E-state index in [1.165, 1.54) is 11.1 Å². The van der Waals surface area contributed by atoms with Gasteiger partial charge in [-0.1, -0.05) is 37.3 Å². The number of rotatable bonds is 2. The first-order valence-electron chi connectivity index (χ1n) is 6.78. The van der Waals surface area contributed by atoms with Crippen LogP contribution in [-0.2, 0) is 9.53 Å². The molecule has 1 aromatic carbocycles. The average Bonchev–Trinajstić information content (AvgIpc) is 2.73. The third-order valence-electron chi connectivity index (χ3n) is 4.07. The summed E-state index contributed by atoms with van der Waals surface area (Å²) in [5.41, 5.74) is 2.50. The number of ether oxygens (including phenoxy) is 1. The second-order valence-corrected chi connectivity index (χ2v) is 5.07. The lowest BCUT2D eigenvalue weighted by atomic mass is 9.81. The maximum Gasteiger partial charge on any atom is 0.201 e. The Kier molecular flexibility index (Phi) is 2.94. The summed E-state index contributed by atoms with van der Waals surface area (Å²) in [5, 5.41) is 0. The van der Waals surface area contributed by atoms with Gasteiger partial charge in [0.1, 0.15) is 0 Å². The zero-order valence-electron chi connectivity index (χ0n) is 10.7. The number of carbonyl (C=O) groups is 1. The third-order valence-corrected chi connectivity index (χ3v) is 4.07. The Hall–Kier alpha value is -1.57. The van der Waals surface area contributed by atoms with Crippen molar-refractivity contribution in [2.45, 2.75) is 32.1 Å². The molecule has 94 valence electrons. The van der Waals surface area contributed by atoms with Crippen LogP contribution in [0.4, 0.5) is 0 Å². The summed E-state index contributed by atoms with van der Waals surface area (Å²) in [6.07, 6.45) is 2.93. The molecule has 0 saturated heterocycles. The van der Waals surface area contributed by atoms with Gasteiger partial charge in [-0.25, -0.2) is 0 Å². The van der Waals surface area contributed by atoms with E-state index in [1.807, 2.05) is 6.07 Å².